The standard InChI is InChI=1S/C28H37ClN4O2/c1-27(2,3)17-33-20-7-9-28(33,4)15-19(11-20)30-18-8-10-32-16-23(31-26(32)12-18)21-13-22(29)25(35-6)14-24(21)34-5/h8,10,12-14,16,19-20,30H,7,9,11,15,17H2,1-6H3/t19-,20+,28-/m1/s1. The third-order valence-electron chi connectivity index (χ3n) is 7.62. The van der Waals surface area contributed by atoms with Crippen molar-refractivity contribution in [1.82, 2.24) is 14.3 Å². The molecule has 0 aliphatic carbocycles. The summed E-state index contributed by atoms with van der Waals surface area (Å²) in [5.74, 6) is 1.26. The first-order valence-electron chi connectivity index (χ1n) is 12.5. The maximum Gasteiger partial charge on any atom is 0.141 e. The van der Waals surface area contributed by atoms with Crippen molar-refractivity contribution >= 4 is 22.9 Å². The van der Waals surface area contributed by atoms with Crippen LogP contribution in [0.25, 0.3) is 16.9 Å². The molecule has 1 aromatic carbocycles. The number of fused-ring (bicyclic) bond motifs is 3. The highest BCUT2D eigenvalue weighted by atomic mass is 35.5. The molecule has 0 saturated carbocycles. The van der Waals surface area contributed by atoms with E-state index >= 15 is 0 Å². The SMILES string of the molecule is COc1cc(OC)c(-c2cn3ccc(N[C@@H]4C[C@@H]5CC[C@](C)(C4)N5CC(C)(C)C)cc3n2)cc1Cl. The molecular weight excluding hydrogens is 460 g/mol. The summed E-state index contributed by atoms with van der Waals surface area (Å²) in [5.41, 5.74) is 4.26. The first-order valence-corrected chi connectivity index (χ1v) is 12.9. The summed E-state index contributed by atoms with van der Waals surface area (Å²) in [6, 6.07) is 9.06. The summed E-state index contributed by atoms with van der Waals surface area (Å²) >= 11 is 6.40. The van der Waals surface area contributed by atoms with Gasteiger partial charge in [0.25, 0.3) is 0 Å². The first-order chi connectivity index (χ1) is 16.6. The molecule has 3 atom stereocenters. The Labute approximate surface area is 213 Å². The van der Waals surface area contributed by atoms with Crippen LogP contribution in [0.15, 0.2) is 36.7 Å². The molecule has 0 radical (unpaired) electrons. The Bertz CT molecular complexity index is 1230. The lowest BCUT2D eigenvalue weighted by Gasteiger charge is -2.48. The minimum Gasteiger partial charge on any atom is -0.496 e. The van der Waals surface area contributed by atoms with Crippen LogP contribution in [0, 0.1) is 5.41 Å². The van der Waals surface area contributed by atoms with Gasteiger partial charge in [0, 0.05) is 59.9 Å². The summed E-state index contributed by atoms with van der Waals surface area (Å²) in [6.45, 7) is 10.7. The molecule has 0 spiro atoms. The Morgan fingerprint density at radius 3 is 2.63 bits per heavy atom. The van der Waals surface area contributed by atoms with Crippen LogP contribution in [-0.2, 0) is 0 Å². The van der Waals surface area contributed by atoms with Crippen molar-refractivity contribution in [1.29, 1.82) is 0 Å². The summed E-state index contributed by atoms with van der Waals surface area (Å²) in [6.07, 6.45) is 9.04. The number of rotatable bonds is 6. The second-order valence-electron chi connectivity index (χ2n) is 11.7. The van der Waals surface area contributed by atoms with E-state index < -0.39 is 0 Å². The minimum absolute atomic E-state index is 0.280. The van der Waals surface area contributed by atoms with Gasteiger partial charge in [-0.15, -0.1) is 0 Å². The summed E-state index contributed by atoms with van der Waals surface area (Å²) < 4.78 is 13.0. The summed E-state index contributed by atoms with van der Waals surface area (Å²) in [7, 11) is 3.24. The van der Waals surface area contributed by atoms with Crippen molar-refractivity contribution in [2.45, 2.75) is 71.0 Å². The number of pyridine rings is 1. The molecule has 2 aliphatic rings. The Morgan fingerprint density at radius 1 is 1.17 bits per heavy atom. The molecule has 7 heteroatoms. The Morgan fingerprint density at radius 2 is 1.94 bits per heavy atom. The predicted octanol–water partition coefficient (Wildman–Crippen LogP) is 6.52. The molecule has 35 heavy (non-hydrogen) atoms. The number of halogens is 1. The van der Waals surface area contributed by atoms with E-state index in [4.69, 9.17) is 26.1 Å². The Hall–Kier alpha value is -2.44. The van der Waals surface area contributed by atoms with E-state index in [-0.39, 0.29) is 5.54 Å². The van der Waals surface area contributed by atoms with Crippen LogP contribution in [0.3, 0.4) is 0 Å². The lowest BCUT2D eigenvalue weighted by Crippen LogP contribution is -2.56. The fourth-order valence-electron chi connectivity index (χ4n) is 6.06. The Kier molecular flexibility index (Phi) is 6.17. The van der Waals surface area contributed by atoms with Gasteiger partial charge in [0.05, 0.1) is 24.9 Å². The van der Waals surface area contributed by atoms with Gasteiger partial charge in [0.2, 0.25) is 0 Å². The molecule has 0 unspecified atom stereocenters. The molecular formula is C28H37ClN4O2. The average molecular weight is 497 g/mol. The third kappa shape index (κ3) is 4.70. The van der Waals surface area contributed by atoms with E-state index in [0.29, 0.717) is 34.0 Å². The second-order valence-corrected chi connectivity index (χ2v) is 12.1. The van der Waals surface area contributed by atoms with E-state index in [1.165, 1.54) is 32.2 Å². The molecule has 2 bridgehead atoms. The monoisotopic (exact) mass is 496 g/mol. The molecule has 2 aliphatic heterocycles. The van der Waals surface area contributed by atoms with Crippen molar-refractivity contribution in [3.05, 3.63) is 41.7 Å². The first kappa shape index (κ1) is 24.3. The molecule has 0 amide bonds. The highest BCUT2D eigenvalue weighted by Gasteiger charge is 2.49. The van der Waals surface area contributed by atoms with Crippen LogP contribution in [-0.4, -0.2) is 52.7 Å². The molecule has 1 N–H and O–H groups in total. The number of nitrogens with zero attached hydrogens (tertiary/aromatic N) is 3. The largest absolute Gasteiger partial charge is 0.496 e. The third-order valence-corrected chi connectivity index (χ3v) is 7.91. The van der Waals surface area contributed by atoms with Crippen LogP contribution in [0.5, 0.6) is 11.5 Å². The maximum atomic E-state index is 6.40. The van der Waals surface area contributed by atoms with Gasteiger partial charge < -0.3 is 19.2 Å². The van der Waals surface area contributed by atoms with Gasteiger partial charge in [-0.2, -0.15) is 0 Å². The number of imidazole rings is 1. The van der Waals surface area contributed by atoms with Gasteiger partial charge in [-0.05, 0) is 50.2 Å². The molecule has 188 valence electrons. The zero-order valence-corrected chi connectivity index (χ0v) is 22.4. The topological polar surface area (TPSA) is 51.0 Å². The molecule has 2 fully saturated rings. The number of benzene rings is 1. The maximum absolute atomic E-state index is 6.40. The van der Waals surface area contributed by atoms with Crippen molar-refractivity contribution < 1.29 is 9.47 Å². The van der Waals surface area contributed by atoms with E-state index in [1.54, 1.807) is 20.3 Å². The van der Waals surface area contributed by atoms with Crippen LogP contribution in [0.4, 0.5) is 5.69 Å². The van der Waals surface area contributed by atoms with Crippen molar-refractivity contribution in [2.75, 3.05) is 26.1 Å². The number of hydrogen-bond acceptors (Lipinski definition) is 5. The van der Waals surface area contributed by atoms with Crippen LogP contribution in [0.2, 0.25) is 5.02 Å². The number of ether oxygens (including phenoxy) is 2. The van der Waals surface area contributed by atoms with Crippen LogP contribution < -0.4 is 14.8 Å². The van der Waals surface area contributed by atoms with E-state index in [9.17, 15) is 0 Å². The van der Waals surface area contributed by atoms with Gasteiger partial charge in [-0.25, -0.2) is 4.98 Å². The number of aromatic nitrogens is 2. The zero-order chi connectivity index (χ0) is 25.0. The van der Waals surface area contributed by atoms with E-state index in [2.05, 4.69) is 56.2 Å². The van der Waals surface area contributed by atoms with Crippen LogP contribution in [0.1, 0.15) is 53.4 Å². The van der Waals surface area contributed by atoms with Crippen molar-refractivity contribution in [2.24, 2.45) is 5.41 Å². The summed E-state index contributed by atoms with van der Waals surface area (Å²) in [4.78, 5) is 7.68. The van der Waals surface area contributed by atoms with Gasteiger partial charge in [-0.3, -0.25) is 4.90 Å². The predicted molar refractivity (Wildman–Crippen MR) is 143 cm³/mol. The number of anilines is 1. The fourth-order valence-corrected chi connectivity index (χ4v) is 6.30. The molecule has 2 aromatic heterocycles. The number of nitrogens with one attached hydrogen (secondary N) is 1. The fraction of sp³-hybridized carbons (Fsp3) is 0.536. The van der Waals surface area contributed by atoms with Gasteiger partial charge in [0.1, 0.15) is 17.1 Å². The molecule has 5 rings (SSSR count). The summed E-state index contributed by atoms with van der Waals surface area (Å²) in [5, 5.41) is 4.37. The van der Waals surface area contributed by atoms with E-state index in [0.717, 1.165) is 22.6 Å². The lowest BCUT2D eigenvalue weighted by molar-refractivity contribution is 0.0307. The zero-order valence-electron chi connectivity index (χ0n) is 21.7. The van der Waals surface area contributed by atoms with Crippen molar-refractivity contribution in [3.8, 4) is 22.8 Å². The number of hydrogen-bond donors (Lipinski definition) is 1. The smallest absolute Gasteiger partial charge is 0.141 e. The lowest BCUT2D eigenvalue weighted by atomic mass is 9.84. The van der Waals surface area contributed by atoms with Gasteiger partial charge in [-0.1, -0.05) is 32.4 Å². The van der Waals surface area contributed by atoms with Gasteiger partial charge in [0.15, 0.2) is 0 Å². The highest BCUT2D eigenvalue weighted by Crippen LogP contribution is 2.46. The molecule has 3 aromatic rings. The number of piperidine rings is 1. The quantitative estimate of drug-likeness (QED) is 0.421. The highest BCUT2D eigenvalue weighted by molar-refractivity contribution is 6.32. The molecule has 4 heterocycles. The van der Waals surface area contributed by atoms with Gasteiger partial charge >= 0.3 is 0 Å². The molecule has 2 saturated heterocycles. The second kappa shape index (κ2) is 8.90. The molecule has 6 nitrogen and oxygen atoms in total. The van der Waals surface area contributed by atoms with Crippen LogP contribution >= 0.6 is 11.6 Å². The Balaban J connectivity index is 1.36. The number of methoxy groups -OCH3 is 2. The normalized spacial score (nSPS) is 24.7. The minimum atomic E-state index is 0.280. The van der Waals surface area contributed by atoms with Crippen molar-refractivity contribution in [3.63, 3.8) is 0 Å². The average Bonchev–Trinajstić information content (AvgIpc) is 3.28. The van der Waals surface area contributed by atoms with E-state index in [1.807, 2.05) is 16.7 Å².